The van der Waals surface area contributed by atoms with Crippen LogP contribution in [0.1, 0.15) is 32.3 Å². The standard InChI is InChI=1S/C22H27N3O3/c1-15(22(27)24-19-8-6-18(7-9-19)23-16(2)26)25(20-10-11-20)14-17-4-12-21(28-3)13-5-17/h4-9,12-13,15,20H,10-11,14H2,1-3H3,(H,23,26)(H,24,27)/t15-/m1/s1. The van der Waals surface area contributed by atoms with E-state index in [4.69, 9.17) is 4.74 Å². The van der Waals surface area contributed by atoms with Gasteiger partial charge in [0.15, 0.2) is 0 Å². The Morgan fingerprint density at radius 1 is 1.04 bits per heavy atom. The number of hydrogen-bond donors (Lipinski definition) is 2. The van der Waals surface area contributed by atoms with Crippen molar-refractivity contribution in [1.82, 2.24) is 4.90 Å². The average molecular weight is 381 g/mol. The van der Waals surface area contributed by atoms with Crippen molar-refractivity contribution in [2.24, 2.45) is 0 Å². The summed E-state index contributed by atoms with van der Waals surface area (Å²) in [7, 11) is 1.65. The summed E-state index contributed by atoms with van der Waals surface area (Å²) < 4.78 is 5.21. The van der Waals surface area contributed by atoms with Gasteiger partial charge in [0, 0.05) is 30.9 Å². The van der Waals surface area contributed by atoms with Crippen LogP contribution in [0.4, 0.5) is 11.4 Å². The minimum atomic E-state index is -0.246. The third-order valence-corrected chi connectivity index (χ3v) is 4.89. The van der Waals surface area contributed by atoms with Crippen molar-refractivity contribution in [3.05, 3.63) is 54.1 Å². The van der Waals surface area contributed by atoms with Crippen LogP contribution in [-0.2, 0) is 16.1 Å². The molecule has 0 bridgehead atoms. The van der Waals surface area contributed by atoms with Crippen LogP contribution in [0.15, 0.2) is 48.5 Å². The average Bonchev–Trinajstić information content (AvgIpc) is 3.52. The number of carbonyl (C=O) groups excluding carboxylic acids is 2. The second kappa shape index (κ2) is 8.89. The van der Waals surface area contributed by atoms with Gasteiger partial charge in [-0.05, 0) is 61.7 Å². The van der Waals surface area contributed by atoms with Crippen molar-refractivity contribution in [2.45, 2.75) is 45.3 Å². The first-order valence-corrected chi connectivity index (χ1v) is 9.53. The van der Waals surface area contributed by atoms with Crippen LogP contribution >= 0.6 is 0 Å². The molecular weight excluding hydrogens is 354 g/mol. The topological polar surface area (TPSA) is 70.7 Å². The number of methoxy groups -OCH3 is 1. The lowest BCUT2D eigenvalue weighted by Crippen LogP contribution is -2.42. The molecule has 148 valence electrons. The number of ether oxygens (including phenoxy) is 1. The number of amides is 2. The molecule has 2 aromatic rings. The third-order valence-electron chi connectivity index (χ3n) is 4.89. The molecule has 0 aromatic heterocycles. The maximum absolute atomic E-state index is 12.8. The van der Waals surface area contributed by atoms with E-state index in [0.717, 1.165) is 30.7 Å². The maximum atomic E-state index is 12.8. The molecule has 2 amide bonds. The van der Waals surface area contributed by atoms with Crippen molar-refractivity contribution in [2.75, 3.05) is 17.7 Å². The molecular formula is C22H27N3O3. The smallest absolute Gasteiger partial charge is 0.241 e. The number of rotatable bonds is 8. The van der Waals surface area contributed by atoms with Crippen molar-refractivity contribution in [3.63, 3.8) is 0 Å². The molecule has 1 atom stereocenters. The fraction of sp³-hybridized carbons (Fsp3) is 0.364. The summed E-state index contributed by atoms with van der Waals surface area (Å²) in [5, 5.41) is 5.69. The largest absolute Gasteiger partial charge is 0.497 e. The van der Waals surface area contributed by atoms with Crippen molar-refractivity contribution in [3.8, 4) is 5.75 Å². The zero-order valence-corrected chi connectivity index (χ0v) is 16.6. The van der Waals surface area contributed by atoms with Gasteiger partial charge in [-0.3, -0.25) is 14.5 Å². The summed E-state index contributed by atoms with van der Waals surface area (Å²) >= 11 is 0. The Bertz CT molecular complexity index is 814. The van der Waals surface area contributed by atoms with Crippen LogP contribution in [0.3, 0.4) is 0 Å². The first-order chi connectivity index (χ1) is 13.5. The number of nitrogens with zero attached hydrogens (tertiary/aromatic N) is 1. The molecule has 1 aliphatic carbocycles. The highest BCUT2D eigenvalue weighted by Gasteiger charge is 2.35. The van der Waals surface area contributed by atoms with Gasteiger partial charge in [-0.15, -0.1) is 0 Å². The Morgan fingerprint density at radius 3 is 2.11 bits per heavy atom. The monoisotopic (exact) mass is 381 g/mol. The SMILES string of the molecule is COc1ccc(CN(C2CC2)[C@H](C)C(=O)Nc2ccc(NC(C)=O)cc2)cc1. The van der Waals surface area contributed by atoms with E-state index in [1.165, 1.54) is 6.92 Å². The van der Waals surface area contributed by atoms with Gasteiger partial charge in [0.1, 0.15) is 5.75 Å². The van der Waals surface area contributed by atoms with Gasteiger partial charge in [-0.25, -0.2) is 0 Å². The highest BCUT2D eigenvalue weighted by molar-refractivity contribution is 5.95. The molecule has 1 saturated carbocycles. The van der Waals surface area contributed by atoms with Gasteiger partial charge in [0.2, 0.25) is 11.8 Å². The lowest BCUT2D eigenvalue weighted by atomic mass is 10.1. The molecule has 1 fully saturated rings. The molecule has 1 aliphatic rings. The second-order valence-corrected chi connectivity index (χ2v) is 7.18. The highest BCUT2D eigenvalue weighted by atomic mass is 16.5. The maximum Gasteiger partial charge on any atom is 0.241 e. The molecule has 0 radical (unpaired) electrons. The lowest BCUT2D eigenvalue weighted by molar-refractivity contribution is -0.121. The van der Waals surface area contributed by atoms with Gasteiger partial charge >= 0.3 is 0 Å². The van der Waals surface area contributed by atoms with Gasteiger partial charge in [-0.2, -0.15) is 0 Å². The number of nitrogens with one attached hydrogen (secondary N) is 2. The van der Waals surface area contributed by atoms with E-state index in [9.17, 15) is 9.59 Å². The first-order valence-electron chi connectivity index (χ1n) is 9.53. The van der Waals surface area contributed by atoms with Gasteiger partial charge < -0.3 is 15.4 Å². The van der Waals surface area contributed by atoms with E-state index in [1.807, 2.05) is 31.2 Å². The van der Waals surface area contributed by atoms with Crippen molar-refractivity contribution >= 4 is 23.2 Å². The number of hydrogen-bond acceptors (Lipinski definition) is 4. The Hall–Kier alpha value is -2.86. The van der Waals surface area contributed by atoms with Crippen LogP contribution in [-0.4, -0.2) is 35.9 Å². The normalized spacial score (nSPS) is 14.4. The summed E-state index contributed by atoms with van der Waals surface area (Å²) in [6.45, 7) is 4.14. The van der Waals surface area contributed by atoms with E-state index >= 15 is 0 Å². The first kappa shape index (κ1) is 19.9. The fourth-order valence-corrected chi connectivity index (χ4v) is 3.17. The summed E-state index contributed by atoms with van der Waals surface area (Å²) in [4.78, 5) is 26.2. The molecule has 6 nitrogen and oxygen atoms in total. The molecule has 6 heteroatoms. The number of anilines is 2. The molecule has 0 saturated heterocycles. The molecule has 0 unspecified atom stereocenters. The van der Waals surface area contributed by atoms with Crippen LogP contribution in [0, 0.1) is 0 Å². The molecule has 2 N–H and O–H groups in total. The van der Waals surface area contributed by atoms with Crippen LogP contribution in [0.5, 0.6) is 5.75 Å². The quantitative estimate of drug-likeness (QED) is 0.732. The molecule has 2 aromatic carbocycles. The van der Waals surface area contributed by atoms with Crippen LogP contribution < -0.4 is 15.4 Å². The zero-order valence-electron chi connectivity index (χ0n) is 16.6. The van der Waals surface area contributed by atoms with E-state index in [1.54, 1.807) is 31.4 Å². The van der Waals surface area contributed by atoms with Gasteiger partial charge in [0.05, 0.1) is 13.2 Å². The Balaban J connectivity index is 1.62. The summed E-state index contributed by atoms with van der Waals surface area (Å²) in [5.41, 5.74) is 2.58. The number of benzene rings is 2. The Morgan fingerprint density at radius 2 is 1.61 bits per heavy atom. The third kappa shape index (κ3) is 5.33. The van der Waals surface area contributed by atoms with Crippen molar-refractivity contribution < 1.29 is 14.3 Å². The van der Waals surface area contributed by atoms with Crippen LogP contribution in [0.2, 0.25) is 0 Å². The summed E-state index contributed by atoms with van der Waals surface area (Å²) in [6.07, 6.45) is 2.25. The molecule has 28 heavy (non-hydrogen) atoms. The molecule has 0 aliphatic heterocycles. The van der Waals surface area contributed by atoms with Gasteiger partial charge in [-0.1, -0.05) is 12.1 Å². The fourth-order valence-electron chi connectivity index (χ4n) is 3.17. The zero-order chi connectivity index (χ0) is 20.1. The molecule has 0 spiro atoms. The van der Waals surface area contributed by atoms with E-state index in [0.29, 0.717) is 17.4 Å². The number of carbonyl (C=O) groups is 2. The minimum absolute atomic E-state index is 0.0345. The predicted molar refractivity (Wildman–Crippen MR) is 110 cm³/mol. The Labute approximate surface area is 165 Å². The Kier molecular flexibility index (Phi) is 6.31. The van der Waals surface area contributed by atoms with E-state index in [-0.39, 0.29) is 17.9 Å². The minimum Gasteiger partial charge on any atom is -0.497 e. The van der Waals surface area contributed by atoms with E-state index in [2.05, 4.69) is 15.5 Å². The molecule has 0 heterocycles. The van der Waals surface area contributed by atoms with Crippen LogP contribution in [0.25, 0.3) is 0 Å². The highest BCUT2D eigenvalue weighted by Crippen LogP contribution is 2.31. The van der Waals surface area contributed by atoms with Crippen molar-refractivity contribution in [1.29, 1.82) is 0 Å². The summed E-state index contributed by atoms with van der Waals surface area (Å²) in [5.74, 6) is 0.673. The van der Waals surface area contributed by atoms with E-state index < -0.39 is 0 Å². The predicted octanol–water partition coefficient (Wildman–Crippen LogP) is 3.65. The second-order valence-electron chi connectivity index (χ2n) is 7.18. The van der Waals surface area contributed by atoms with Gasteiger partial charge in [0.25, 0.3) is 0 Å². The lowest BCUT2D eigenvalue weighted by Gasteiger charge is -2.28. The summed E-state index contributed by atoms with van der Waals surface area (Å²) in [6, 6.07) is 15.3. The molecule has 3 rings (SSSR count).